The molecular formula is C15H20N4OS. The molecule has 2 aromatic rings. The second-order valence-corrected chi connectivity index (χ2v) is 6.65. The average Bonchev–Trinajstić information content (AvgIpc) is 2.88. The molecule has 0 fully saturated rings. The van der Waals surface area contributed by atoms with Crippen LogP contribution in [0, 0.1) is 0 Å². The SMILES string of the molecule is CC(C)(C)c1csc(NC(=O)CNCc2ccncc2)n1. The van der Waals surface area contributed by atoms with E-state index < -0.39 is 0 Å². The van der Waals surface area contributed by atoms with E-state index in [0.717, 1.165) is 11.3 Å². The number of hydrogen-bond acceptors (Lipinski definition) is 5. The molecule has 0 aliphatic rings. The molecule has 2 heterocycles. The van der Waals surface area contributed by atoms with Crippen LogP contribution in [-0.4, -0.2) is 22.4 Å². The van der Waals surface area contributed by atoms with Gasteiger partial charge in [0.2, 0.25) is 5.91 Å². The van der Waals surface area contributed by atoms with Crippen LogP contribution in [0.25, 0.3) is 0 Å². The molecule has 0 bridgehead atoms. The van der Waals surface area contributed by atoms with Gasteiger partial charge >= 0.3 is 0 Å². The van der Waals surface area contributed by atoms with Crippen molar-refractivity contribution in [3.05, 3.63) is 41.2 Å². The van der Waals surface area contributed by atoms with E-state index in [9.17, 15) is 4.79 Å². The minimum atomic E-state index is -0.0844. The Morgan fingerprint density at radius 1 is 1.29 bits per heavy atom. The Balaban J connectivity index is 1.78. The normalized spacial score (nSPS) is 11.4. The first kappa shape index (κ1) is 15.6. The first-order chi connectivity index (χ1) is 9.95. The molecule has 112 valence electrons. The summed E-state index contributed by atoms with van der Waals surface area (Å²) in [4.78, 5) is 20.2. The Morgan fingerprint density at radius 2 is 2.00 bits per heavy atom. The zero-order valence-electron chi connectivity index (χ0n) is 12.5. The van der Waals surface area contributed by atoms with Gasteiger partial charge in [-0.1, -0.05) is 20.8 Å². The molecule has 0 aliphatic heterocycles. The van der Waals surface area contributed by atoms with Crippen molar-refractivity contribution in [2.45, 2.75) is 32.7 Å². The molecule has 0 atom stereocenters. The maximum absolute atomic E-state index is 11.8. The molecule has 0 spiro atoms. The van der Waals surface area contributed by atoms with E-state index in [1.54, 1.807) is 12.4 Å². The monoisotopic (exact) mass is 304 g/mol. The van der Waals surface area contributed by atoms with E-state index in [2.05, 4.69) is 41.4 Å². The fourth-order valence-corrected chi connectivity index (χ4v) is 2.61. The first-order valence-electron chi connectivity index (χ1n) is 6.80. The third-order valence-corrected chi connectivity index (χ3v) is 3.64. The Hall–Kier alpha value is -1.79. The second-order valence-electron chi connectivity index (χ2n) is 5.80. The lowest BCUT2D eigenvalue weighted by Gasteiger charge is -2.14. The van der Waals surface area contributed by atoms with Crippen LogP contribution in [0.5, 0.6) is 0 Å². The second kappa shape index (κ2) is 6.78. The number of anilines is 1. The van der Waals surface area contributed by atoms with Gasteiger partial charge in [0.15, 0.2) is 5.13 Å². The Labute approximate surface area is 128 Å². The highest BCUT2D eigenvalue weighted by molar-refractivity contribution is 7.13. The number of nitrogens with one attached hydrogen (secondary N) is 2. The largest absolute Gasteiger partial charge is 0.304 e. The van der Waals surface area contributed by atoms with Gasteiger partial charge in [0.25, 0.3) is 0 Å². The van der Waals surface area contributed by atoms with Gasteiger partial charge in [-0.05, 0) is 17.7 Å². The summed E-state index contributed by atoms with van der Waals surface area (Å²) < 4.78 is 0. The van der Waals surface area contributed by atoms with Crippen molar-refractivity contribution in [1.82, 2.24) is 15.3 Å². The van der Waals surface area contributed by atoms with Crippen LogP contribution in [0.15, 0.2) is 29.9 Å². The lowest BCUT2D eigenvalue weighted by molar-refractivity contribution is -0.115. The van der Waals surface area contributed by atoms with Crippen LogP contribution in [-0.2, 0) is 16.8 Å². The van der Waals surface area contributed by atoms with E-state index in [0.29, 0.717) is 11.7 Å². The number of nitrogens with zero attached hydrogens (tertiary/aromatic N) is 2. The zero-order valence-corrected chi connectivity index (χ0v) is 13.3. The summed E-state index contributed by atoms with van der Waals surface area (Å²) in [5.74, 6) is -0.0844. The van der Waals surface area contributed by atoms with Gasteiger partial charge in [-0.15, -0.1) is 11.3 Å². The molecule has 0 aliphatic carbocycles. The topological polar surface area (TPSA) is 66.9 Å². The van der Waals surface area contributed by atoms with Crippen molar-refractivity contribution < 1.29 is 4.79 Å². The summed E-state index contributed by atoms with van der Waals surface area (Å²) in [6.07, 6.45) is 3.47. The van der Waals surface area contributed by atoms with Crippen LogP contribution >= 0.6 is 11.3 Å². The number of amides is 1. The Bertz CT molecular complexity index is 589. The summed E-state index contributed by atoms with van der Waals surface area (Å²) >= 11 is 1.46. The zero-order chi connectivity index (χ0) is 15.3. The summed E-state index contributed by atoms with van der Waals surface area (Å²) in [6, 6.07) is 3.84. The molecule has 5 nitrogen and oxygen atoms in total. The predicted octanol–water partition coefficient (Wildman–Crippen LogP) is 2.56. The molecule has 0 radical (unpaired) electrons. The summed E-state index contributed by atoms with van der Waals surface area (Å²) in [7, 11) is 0. The average molecular weight is 304 g/mol. The van der Waals surface area contributed by atoms with Crippen LogP contribution in [0.4, 0.5) is 5.13 Å². The summed E-state index contributed by atoms with van der Waals surface area (Å²) in [5.41, 5.74) is 2.09. The predicted molar refractivity (Wildman–Crippen MR) is 85.4 cm³/mol. The van der Waals surface area contributed by atoms with Gasteiger partial charge < -0.3 is 10.6 Å². The fourth-order valence-electron chi connectivity index (χ4n) is 1.66. The van der Waals surface area contributed by atoms with E-state index in [1.807, 2.05) is 17.5 Å². The van der Waals surface area contributed by atoms with E-state index in [4.69, 9.17) is 0 Å². The number of pyridine rings is 1. The van der Waals surface area contributed by atoms with E-state index in [1.165, 1.54) is 11.3 Å². The minimum absolute atomic E-state index is 0.000920. The Kier molecular flexibility index (Phi) is 5.03. The van der Waals surface area contributed by atoms with Gasteiger partial charge in [0.1, 0.15) is 0 Å². The summed E-state index contributed by atoms with van der Waals surface area (Å²) in [6.45, 7) is 7.20. The molecule has 0 saturated carbocycles. The van der Waals surface area contributed by atoms with Crippen LogP contribution in [0.2, 0.25) is 0 Å². The van der Waals surface area contributed by atoms with E-state index >= 15 is 0 Å². The number of rotatable bonds is 5. The van der Waals surface area contributed by atoms with Crippen molar-refractivity contribution in [2.24, 2.45) is 0 Å². The van der Waals surface area contributed by atoms with Crippen LogP contribution in [0.3, 0.4) is 0 Å². The number of carbonyl (C=O) groups is 1. The lowest BCUT2D eigenvalue weighted by atomic mass is 9.93. The maximum atomic E-state index is 11.8. The molecular weight excluding hydrogens is 284 g/mol. The molecule has 6 heteroatoms. The smallest absolute Gasteiger partial charge is 0.240 e. The highest BCUT2D eigenvalue weighted by Gasteiger charge is 2.17. The number of aromatic nitrogens is 2. The molecule has 2 rings (SSSR count). The number of carbonyl (C=O) groups excluding carboxylic acids is 1. The van der Waals surface area contributed by atoms with Crippen LogP contribution in [0.1, 0.15) is 32.0 Å². The van der Waals surface area contributed by atoms with E-state index in [-0.39, 0.29) is 17.9 Å². The molecule has 2 aromatic heterocycles. The van der Waals surface area contributed by atoms with Crippen molar-refractivity contribution in [3.63, 3.8) is 0 Å². The summed E-state index contributed by atoms with van der Waals surface area (Å²) in [5, 5.41) is 8.54. The lowest BCUT2D eigenvalue weighted by Crippen LogP contribution is -2.27. The van der Waals surface area contributed by atoms with Gasteiger partial charge in [-0.25, -0.2) is 4.98 Å². The van der Waals surface area contributed by atoms with Crippen molar-refractivity contribution >= 4 is 22.4 Å². The first-order valence-corrected chi connectivity index (χ1v) is 7.68. The fraction of sp³-hybridized carbons (Fsp3) is 0.400. The number of thiazole rings is 1. The van der Waals surface area contributed by atoms with Gasteiger partial charge in [-0.2, -0.15) is 0 Å². The molecule has 2 N–H and O–H groups in total. The van der Waals surface area contributed by atoms with Gasteiger partial charge in [-0.3, -0.25) is 9.78 Å². The molecule has 0 unspecified atom stereocenters. The molecule has 21 heavy (non-hydrogen) atoms. The van der Waals surface area contributed by atoms with Crippen molar-refractivity contribution in [1.29, 1.82) is 0 Å². The van der Waals surface area contributed by atoms with Crippen LogP contribution < -0.4 is 10.6 Å². The highest BCUT2D eigenvalue weighted by atomic mass is 32.1. The standard InChI is InChI=1S/C15H20N4OS/c1-15(2,3)12-10-21-14(18-12)19-13(20)9-17-8-11-4-6-16-7-5-11/h4-7,10,17H,8-9H2,1-3H3,(H,18,19,20). The van der Waals surface area contributed by atoms with Crippen molar-refractivity contribution in [3.8, 4) is 0 Å². The Morgan fingerprint density at radius 3 is 2.62 bits per heavy atom. The molecule has 0 saturated heterocycles. The quantitative estimate of drug-likeness (QED) is 0.891. The highest BCUT2D eigenvalue weighted by Crippen LogP contribution is 2.26. The number of hydrogen-bond donors (Lipinski definition) is 2. The third-order valence-electron chi connectivity index (χ3n) is 2.88. The maximum Gasteiger partial charge on any atom is 0.240 e. The van der Waals surface area contributed by atoms with Crippen molar-refractivity contribution in [2.75, 3.05) is 11.9 Å². The van der Waals surface area contributed by atoms with Gasteiger partial charge in [0.05, 0.1) is 12.2 Å². The van der Waals surface area contributed by atoms with Gasteiger partial charge in [0, 0.05) is 29.7 Å². The minimum Gasteiger partial charge on any atom is -0.304 e. The molecule has 0 aromatic carbocycles. The molecule has 1 amide bonds. The third kappa shape index (κ3) is 4.91.